The van der Waals surface area contributed by atoms with Crippen molar-refractivity contribution in [2.75, 3.05) is 12.1 Å². The molecule has 0 unspecified atom stereocenters. The Morgan fingerprint density at radius 3 is 2.50 bits per heavy atom. The van der Waals surface area contributed by atoms with Crippen LogP contribution in [0.4, 0.5) is 5.69 Å². The first-order valence-corrected chi connectivity index (χ1v) is 8.93. The van der Waals surface area contributed by atoms with Gasteiger partial charge in [0.05, 0.1) is 12.8 Å². The largest absolute Gasteiger partial charge is 0.497 e. The van der Waals surface area contributed by atoms with Crippen LogP contribution in [0, 0.1) is 0 Å². The molecule has 26 heavy (non-hydrogen) atoms. The smallest absolute Gasteiger partial charge is 0.267 e. The number of rotatable bonds is 5. The molecular formula is C19H18BrN3O3. The monoisotopic (exact) mass is 415 g/mol. The zero-order valence-electron chi connectivity index (χ0n) is 14.2. The van der Waals surface area contributed by atoms with Crippen LogP contribution in [-0.2, 0) is 16.1 Å². The summed E-state index contributed by atoms with van der Waals surface area (Å²) in [6.07, 6.45) is 0.588. The van der Waals surface area contributed by atoms with Gasteiger partial charge in [0.15, 0.2) is 0 Å². The lowest BCUT2D eigenvalue weighted by Crippen LogP contribution is -2.38. The molecule has 1 N–H and O–H groups in total. The number of amides is 2. The Hall–Kier alpha value is -2.67. The number of carbonyl (C=O) groups is 2. The molecule has 2 amide bonds. The Kier molecular flexibility index (Phi) is 5.68. The molecule has 2 aromatic carbocycles. The van der Waals surface area contributed by atoms with Gasteiger partial charge in [-0.2, -0.15) is 5.10 Å². The van der Waals surface area contributed by atoms with Gasteiger partial charge in [-0.3, -0.25) is 9.59 Å². The number of hydrogen-bond donors (Lipinski definition) is 1. The highest BCUT2D eigenvalue weighted by molar-refractivity contribution is 9.10. The molecule has 1 aliphatic heterocycles. The molecule has 1 heterocycles. The summed E-state index contributed by atoms with van der Waals surface area (Å²) in [4.78, 5) is 24.6. The fraction of sp³-hybridized carbons (Fsp3) is 0.211. The number of benzene rings is 2. The van der Waals surface area contributed by atoms with Gasteiger partial charge in [0, 0.05) is 23.9 Å². The van der Waals surface area contributed by atoms with E-state index in [2.05, 4.69) is 26.3 Å². The first kappa shape index (κ1) is 18.1. The highest BCUT2D eigenvalue weighted by Gasteiger charge is 2.25. The van der Waals surface area contributed by atoms with Gasteiger partial charge in [-0.1, -0.05) is 28.1 Å². The highest BCUT2D eigenvalue weighted by Crippen LogP contribution is 2.22. The average Bonchev–Trinajstić information content (AvgIpc) is 2.67. The number of methoxy groups -OCH3 is 1. The molecule has 0 spiro atoms. The van der Waals surface area contributed by atoms with Gasteiger partial charge >= 0.3 is 0 Å². The van der Waals surface area contributed by atoms with E-state index in [1.165, 1.54) is 5.01 Å². The van der Waals surface area contributed by atoms with Crippen molar-refractivity contribution in [3.63, 3.8) is 0 Å². The lowest BCUT2D eigenvalue weighted by atomic mass is 10.1. The Morgan fingerprint density at radius 1 is 1.15 bits per heavy atom. The zero-order valence-corrected chi connectivity index (χ0v) is 15.8. The van der Waals surface area contributed by atoms with Gasteiger partial charge in [0.1, 0.15) is 11.5 Å². The van der Waals surface area contributed by atoms with E-state index in [4.69, 9.17) is 4.74 Å². The zero-order chi connectivity index (χ0) is 18.5. The topological polar surface area (TPSA) is 71.0 Å². The van der Waals surface area contributed by atoms with Crippen LogP contribution in [0.3, 0.4) is 0 Å². The minimum Gasteiger partial charge on any atom is -0.497 e. The molecule has 134 valence electrons. The van der Waals surface area contributed by atoms with Crippen LogP contribution in [0.5, 0.6) is 5.75 Å². The van der Waals surface area contributed by atoms with Crippen molar-refractivity contribution in [2.45, 2.75) is 19.4 Å². The third kappa shape index (κ3) is 4.29. The molecule has 0 aromatic heterocycles. The van der Waals surface area contributed by atoms with Crippen LogP contribution in [0.2, 0.25) is 0 Å². The third-order valence-electron chi connectivity index (χ3n) is 3.98. The van der Waals surface area contributed by atoms with Gasteiger partial charge in [-0.15, -0.1) is 0 Å². The van der Waals surface area contributed by atoms with Crippen molar-refractivity contribution in [2.24, 2.45) is 5.10 Å². The van der Waals surface area contributed by atoms with Crippen molar-refractivity contribution in [3.8, 4) is 5.75 Å². The predicted octanol–water partition coefficient (Wildman–Crippen LogP) is 3.26. The number of ether oxygens (including phenoxy) is 1. The summed E-state index contributed by atoms with van der Waals surface area (Å²) in [5, 5.41) is 8.39. The van der Waals surface area contributed by atoms with Crippen LogP contribution >= 0.6 is 15.9 Å². The molecule has 0 saturated heterocycles. The molecule has 1 aliphatic rings. The first-order valence-electron chi connectivity index (χ1n) is 8.14. The normalized spacial score (nSPS) is 14.0. The molecule has 0 aliphatic carbocycles. The van der Waals surface area contributed by atoms with Gasteiger partial charge in [0.25, 0.3) is 5.91 Å². The molecule has 3 rings (SSSR count). The summed E-state index contributed by atoms with van der Waals surface area (Å²) >= 11 is 3.36. The second kappa shape index (κ2) is 8.14. The third-order valence-corrected chi connectivity index (χ3v) is 4.51. The quantitative estimate of drug-likeness (QED) is 0.814. The van der Waals surface area contributed by atoms with E-state index in [1.807, 2.05) is 36.4 Å². The van der Waals surface area contributed by atoms with Crippen molar-refractivity contribution in [1.29, 1.82) is 0 Å². The molecule has 0 fully saturated rings. The van der Waals surface area contributed by atoms with Gasteiger partial charge in [-0.05, 0) is 42.0 Å². The molecule has 2 aromatic rings. The van der Waals surface area contributed by atoms with Crippen LogP contribution < -0.4 is 15.1 Å². The summed E-state index contributed by atoms with van der Waals surface area (Å²) in [6.45, 7) is 0.383. The summed E-state index contributed by atoms with van der Waals surface area (Å²) in [5.74, 6) is 0.370. The van der Waals surface area contributed by atoms with E-state index in [0.717, 1.165) is 15.8 Å². The lowest BCUT2D eigenvalue weighted by molar-refractivity contribution is -0.119. The molecule has 0 atom stereocenters. The number of hydrogen-bond acceptors (Lipinski definition) is 4. The predicted molar refractivity (Wildman–Crippen MR) is 103 cm³/mol. The second-order valence-electron chi connectivity index (χ2n) is 5.76. The van der Waals surface area contributed by atoms with Crippen LogP contribution in [0.1, 0.15) is 18.4 Å². The SMILES string of the molecule is COc1ccc(CNC(=O)C2=NN(c3ccc(Br)cc3)C(=O)CC2)cc1. The Morgan fingerprint density at radius 2 is 1.85 bits per heavy atom. The molecule has 7 heteroatoms. The Labute approximate surface area is 160 Å². The maximum Gasteiger partial charge on any atom is 0.267 e. The molecule has 6 nitrogen and oxygen atoms in total. The van der Waals surface area contributed by atoms with E-state index in [1.54, 1.807) is 19.2 Å². The van der Waals surface area contributed by atoms with Crippen LogP contribution in [0.25, 0.3) is 0 Å². The van der Waals surface area contributed by atoms with E-state index in [9.17, 15) is 9.59 Å². The minimum atomic E-state index is -0.268. The summed E-state index contributed by atoms with van der Waals surface area (Å²) in [5.41, 5.74) is 1.94. The van der Waals surface area contributed by atoms with Crippen molar-refractivity contribution >= 4 is 39.1 Å². The highest BCUT2D eigenvalue weighted by atomic mass is 79.9. The number of nitrogens with one attached hydrogen (secondary N) is 1. The van der Waals surface area contributed by atoms with Crippen LogP contribution in [-0.4, -0.2) is 24.6 Å². The van der Waals surface area contributed by atoms with Gasteiger partial charge in [-0.25, -0.2) is 5.01 Å². The van der Waals surface area contributed by atoms with E-state index in [-0.39, 0.29) is 18.2 Å². The van der Waals surface area contributed by atoms with E-state index < -0.39 is 0 Å². The number of hydrazone groups is 1. The summed E-state index contributed by atoms with van der Waals surface area (Å²) in [7, 11) is 1.61. The number of carbonyl (C=O) groups excluding carboxylic acids is 2. The van der Waals surface area contributed by atoms with Crippen molar-refractivity contribution in [1.82, 2.24) is 5.32 Å². The summed E-state index contributed by atoms with van der Waals surface area (Å²) in [6, 6.07) is 14.7. The Balaban J connectivity index is 1.68. The van der Waals surface area contributed by atoms with Crippen molar-refractivity contribution < 1.29 is 14.3 Å². The van der Waals surface area contributed by atoms with Gasteiger partial charge < -0.3 is 10.1 Å². The fourth-order valence-electron chi connectivity index (χ4n) is 2.53. The number of anilines is 1. The molecule has 0 bridgehead atoms. The van der Waals surface area contributed by atoms with E-state index in [0.29, 0.717) is 24.4 Å². The number of halogens is 1. The lowest BCUT2D eigenvalue weighted by Gasteiger charge is -2.23. The standard InChI is InChI=1S/C19H18BrN3O3/c1-26-16-8-2-13(3-9-16)12-21-19(25)17-10-11-18(24)23(22-17)15-6-4-14(20)5-7-15/h2-9H,10-12H2,1H3,(H,21,25). The molecular weight excluding hydrogens is 398 g/mol. The second-order valence-corrected chi connectivity index (χ2v) is 6.68. The molecule has 0 radical (unpaired) electrons. The Bertz CT molecular complexity index is 832. The van der Waals surface area contributed by atoms with Crippen LogP contribution in [0.15, 0.2) is 58.1 Å². The number of nitrogens with zero attached hydrogens (tertiary/aromatic N) is 2. The molecule has 0 saturated carbocycles. The average molecular weight is 416 g/mol. The summed E-state index contributed by atoms with van der Waals surface area (Å²) < 4.78 is 6.02. The van der Waals surface area contributed by atoms with Gasteiger partial charge in [0.2, 0.25) is 5.91 Å². The minimum absolute atomic E-state index is 0.126. The fourth-order valence-corrected chi connectivity index (χ4v) is 2.79. The van der Waals surface area contributed by atoms with Crippen molar-refractivity contribution in [3.05, 3.63) is 58.6 Å². The maximum atomic E-state index is 12.4. The first-order chi connectivity index (χ1) is 12.6. The van der Waals surface area contributed by atoms with E-state index >= 15 is 0 Å². The maximum absolute atomic E-state index is 12.4.